The lowest BCUT2D eigenvalue weighted by Crippen LogP contribution is -2.29. The van der Waals surface area contributed by atoms with E-state index in [2.05, 4.69) is 31.5 Å². The quantitative estimate of drug-likeness (QED) is 0.451. The summed E-state index contributed by atoms with van der Waals surface area (Å²) in [4.78, 5) is 6.34. The van der Waals surface area contributed by atoms with Crippen LogP contribution in [0.4, 0.5) is 5.69 Å². The van der Waals surface area contributed by atoms with Gasteiger partial charge in [-0.2, -0.15) is 0 Å². The van der Waals surface area contributed by atoms with Gasteiger partial charge in [-0.1, -0.05) is 28.1 Å². The minimum atomic E-state index is -1.37. The fraction of sp³-hybridized carbons (Fsp3) is 0.136. The van der Waals surface area contributed by atoms with E-state index in [9.17, 15) is 0 Å². The molecule has 3 aromatic carbocycles. The number of benzene rings is 3. The second-order valence-electron chi connectivity index (χ2n) is 6.81. The number of nitrogens with zero attached hydrogens (tertiary/aromatic N) is 3. The Kier molecular flexibility index (Phi) is 7.15. The highest BCUT2D eigenvalue weighted by Gasteiger charge is 2.09. The Bertz CT molecular complexity index is 1070. The van der Waals surface area contributed by atoms with Crippen molar-refractivity contribution >= 4 is 45.2 Å². The van der Waals surface area contributed by atoms with Crippen LogP contribution in [0, 0.1) is 0 Å². The predicted molar refractivity (Wildman–Crippen MR) is 126 cm³/mol. The van der Waals surface area contributed by atoms with E-state index in [0.717, 1.165) is 32.6 Å². The molecule has 8 heteroatoms. The van der Waals surface area contributed by atoms with Crippen molar-refractivity contribution in [3.8, 4) is 11.4 Å². The molecule has 0 saturated heterocycles. The lowest BCUT2D eigenvalue weighted by Gasteiger charge is -2.12. The van der Waals surface area contributed by atoms with Crippen LogP contribution in [0.25, 0.3) is 16.7 Å². The summed E-state index contributed by atoms with van der Waals surface area (Å²) in [5, 5.41) is 17.6. The van der Waals surface area contributed by atoms with Crippen molar-refractivity contribution < 1.29 is 14.8 Å². The molecule has 0 amide bonds. The van der Waals surface area contributed by atoms with E-state index in [1.165, 1.54) is 0 Å². The minimum Gasteiger partial charge on any atom is -0.497 e. The molecule has 0 aliphatic heterocycles. The summed E-state index contributed by atoms with van der Waals surface area (Å²) in [6.07, 6.45) is 1.83. The van der Waals surface area contributed by atoms with Crippen molar-refractivity contribution in [2.75, 3.05) is 26.1 Å². The number of halogens is 1. The topological polar surface area (TPSA) is 70.8 Å². The summed E-state index contributed by atoms with van der Waals surface area (Å²) in [5.41, 5.74) is 4.68. The van der Waals surface area contributed by atoms with Crippen LogP contribution in [0.5, 0.6) is 5.75 Å². The number of aromatic nitrogens is 2. The molecule has 0 aliphatic rings. The van der Waals surface area contributed by atoms with Gasteiger partial charge in [0.05, 0.1) is 18.1 Å². The molecule has 0 fully saturated rings. The Hall–Kier alpha value is -2.81. The molecule has 154 valence electrons. The fourth-order valence-corrected chi connectivity index (χ4v) is 3.22. The average Bonchev–Trinajstić information content (AvgIpc) is 3.17. The highest BCUT2D eigenvalue weighted by Crippen LogP contribution is 2.23. The number of anilines is 1. The molecule has 1 heterocycles. The van der Waals surface area contributed by atoms with Crippen molar-refractivity contribution in [1.82, 2.24) is 9.55 Å². The first-order valence-electron chi connectivity index (χ1n) is 9.29. The molecule has 0 saturated carbocycles. The zero-order chi connectivity index (χ0) is 21.7. The van der Waals surface area contributed by atoms with E-state index in [0.29, 0.717) is 5.46 Å². The van der Waals surface area contributed by atoms with Crippen LogP contribution in [0.2, 0.25) is 0 Å². The highest BCUT2D eigenvalue weighted by molar-refractivity contribution is 9.10. The van der Waals surface area contributed by atoms with Gasteiger partial charge in [0, 0.05) is 29.9 Å². The largest absolute Gasteiger partial charge is 0.497 e. The van der Waals surface area contributed by atoms with Crippen molar-refractivity contribution in [1.29, 1.82) is 0 Å². The Morgan fingerprint density at radius 3 is 2.20 bits per heavy atom. The molecular weight excluding hydrogens is 445 g/mol. The Morgan fingerprint density at radius 1 is 0.967 bits per heavy atom. The molecule has 6 nitrogen and oxygen atoms in total. The van der Waals surface area contributed by atoms with E-state index in [-0.39, 0.29) is 0 Å². The Morgan fingerprint density at radius 2 is 1.63 bits per heavy atom. The molecular formula is C22H23BBrN3O3. The third-order valence-electron chi connectivity index (χ3n) is 4.57. The number of hydrogen-bond donors (Lipinski definition) is 2. The van der Waals surface area contributed by atoms with Gasteiger partial charge in [0.1, 0.15) is 12.1 Å². The molecule has 0 unspecified atom stereocenters. The minimum absolute atomic E-state index is 0.514. The molecule has 0 atom stereocenters. The zero-order valence-electron chi connectivity index (χ0n) is 17.0. The van der Waals surface area contributed by atoms with Gasteiger partial charge < -0.3 is 19.7 Å². The second kappa shape index (κ2) is 9.80. The maximum Gasteiger partial charge on any atom is 0.488 e. The van der Waals surface area contributed by atoms with Crippen molar-refractivity contribution in [2.45, 2.75) is 0 Å². The number of hydrogen-bond acceptors (Lipinski definition) is 5. The van der Waals surface area contributed by atoms with Gasteiger partial charge in [-0.15, -0.1) is 0 Å². The second-order valence-corrected chi connectivity index (χ2v) is 7.72. The standard InChI is InChI=1S/C14H11BrN2O.C8H12BNO2/c1-18-12-5-3-11(4-6-12)17-9-16-13-7-2-10(15)8-14(13)17;1-10(2)8-5-3-7(4-6-8)9(11)12/h2-9H,1H3;3-6,11-12H,1-2H3. The first kappa shape index (κ1) is 21.9. The molecule has 0 aliphatic carbocycles. The smallest absolute Gasteiger partial charge is 0.488 e. The van der Waals surface area contributed by atoms with Crippen LogP contribution < -0.4 is 15.1 Å². The summed E-state index contributed by atoms with van der Waals surface area (Å²) >= 11 is 3.49. The maximum absolute atomic E-state index is 8.80. The third-order valence-corrected chi connectivity index (χ3v) is 5.06. The van der Waals surface area contributed by atoms with Crippen LogP contribution in [0.3, 0.4) is 0 Å². The molecule has 0 bridgehead atoms. The fourth-order valence-electron chi connectivity index (χ4n) is 2.87. The molecule has 0 radical (unpaired) electrons. The molecule has 0 spiro atoms. The van der Waals surface area contributed by atoms with Crippen LogP contribution in [-0.4, -0.2) is 47.9 Å². The van der Waals surface area contributed by atoms with Crippen molar-refractivity contribution in [3.05, 3.63) is 77.5 Å². The predicted octanol–water partition coefficient (Wildman–Crippen LogP) is 3.23. The average molecular weight is 468 g/mol. The number of ether oxygens (including phenoxy) is 1. The first-order valence-corrected chi connectivity index (χ1v) is 10.1. The van der Waals surface area contributed by atoms with Gasteiger partial charge in [0.15, 0.2) is 0 Å². The number of imidazole rings is 1. The molecule has 30 heavy (non-hydrogen) atoms. The summed E-state index contributed by atoms with van der Waals surface area (Å²) in [7, 11) is 4.16. The lowest BCUT2D eigenvalue weighted by atomic mass is 9.80. The van der Waals surface area contributed by atoms with Crippen molar-refractivity contribution in [2.24, 2.45) is 0 Å². The van der Waals surface area contributed by atoms with Crippen LogP contribution >= 0.6 is 15.9 Å². The van der Waals surface area contributed by atoms with E-state index < -0.39 is 7.12 Å². The number of rotatable bonds is 4. The van der Waals surface area contributed by atoms with Gasteiger partial charge in [-0.3, -0.25) is 4.57 Å². The van der Waals surface area contributed by atoms with Gasteiger partial charge in [-0.25, -0.2) is 4.98 Å². The summed E-state index contributed by atoms with van der Waals surface area (Å²) in [5.74, 6) is 0.851. The van der Waals surface area contributed by atoms with E-state index in [4.69, 9.17) is 14.8 Å². The lowest BCUT2D eigenvalue weighted by molar-refractivity contribution is 0.414. The van der Waals surface area contributed by atoms with E-state index in [1.807, 2.05) is 73.9 Å². The van der Waals surface area contributed by atoms with Crippen molar-refractivity contribution in [3.63, 3.8) is 0 Å². The first-order chi connectivity index (χ1) is 14.4. The molecule has 2 N–H and O–H groups in total. The van der Waals surface area contributed by atoms with Gasteiger partial charge in [0.2, 0.25) is 0 Å². The van der Waals surface area contributed by atoms with Crippen LogP contribution in [0.15, 0.2) is 77.5 Å². The summed E-state index contributed by atoms with van der Waals surface area (Å²) in [6, 6.07) is 21.0. The zero-order valence-corrected chi connectivity index (χ0v) is 18.6. The monoisotopic (exact) mass is 467 g/mol. The number of fused-ring (bicyclic) bond motifs is 1. The maximum atomic E-state index is 8.80. The van der Waals surface area contributed by atoms with Crippen LogP contribution in [0.1, 0.15) is 0 Å². The summed E-state index contributed by atoms with van der Waals surface area (Å²) in [6.45, 7) is 0. The Balaban J connectivity index is 0.000000187. The van der Waals surface area contributed by atoms with E-state index in [1.54, 1.807) is 19.2 Å². The van der Waals surface area contributed by atoms with Crippen LogP contribution in [-0.2, 0) is 0 Å². The summed E-state index contributed by atoms with van der Waals surface area (Å²) < 4.78 is 8.26. The van der Waals surface area contributed by atoms with Gasteiger partial charge in [0.25, 0.3) is 0 Å². The Labute approximate surface area is 184 Å². The normalized spacial score (nSPS) is 10.3. The molecule has 1 aromatic heterocycles. The molecule has 4 rings (SSSR count). The van der Waals surface area contributed by atoms with Gasteiger partial charge >= 0.3 is 7.12 Å². The van der Waals surface area contributed by atoms with E-state index >= 15 is 0 Å². The third kappa shape index (κ3) is 5.21. The molecule has 4 aromatic rings. The number of methoxy groups -OCH3 is 1. The highest BCUT2D eigenvalue weighted by atomic mass is 79.9. The van der Waals surface area contributed by atoms with Gasteiger partial charge in [-0.05, 0) is 60.1 Å². The SMILES string of the molecule is CN(C)c1ccc(B(O)O)cc1.COc1ccc(-n2cnc3ccc(Br)cc32)cc1.